The maximum atomic E-state index is 12.0. The molecule has 110 valence electrons. The van der Waals surface area contributed by atoms with Crippen LogP contribution in [-0.4, -0.2) is 12.5 Å². The minimum atomic E-state index is -0.0433. The van der Waals surface area contributed by atoms with Gasteiger partial charge in [-0.05, 0) is 48.7 Å². The lowest BCUT2D eigenvalue weighted by molar-refractivity contribution is -0.114. The van der Waals surface area contributed by atoms with Crippen LogP contribution >= 0.6 is 15.9 Å². The Balaban J connectivity index is 1.96. The molecule has 2 aromatic rings. The third-order valence-corrected chi connectivity index (χ3v) is 3.79. The van der Waals surface area contributed by atoms with Gasteiger partial charge in [0.25, 0.3) is 0 Å². The Morgan fingerprint density at radius 3 is 2.62 bits per heavy atom. The molecule has 0 aliphatic carbocycles. The number of carbonyl (C=O) groups is 1. The smallest absolute Gasteiger partial charge is 0.243 e. The van der Waals surface area contributed by atoms with Gasteiger partial charge in [-0.1, -0.05) is 41.1 Å². The molecule has 2 N–H and O–H groups in total. The van der Waals surface area contributed by atoms with Gasteiger partial charge in [-0.3, -0.25) is 4.79 Å². The number of rotatable bonds is 5. The van der Waals surface area contributed by atoms with Crippen LogP contribution in [0.1, 0.15) is 18.1 Å². The molecule has 3 nitrogen and oxygen atoms in total. The first-order valence-electron chi connectivity index (χ1n) is 6.98. The summed E-state index contributed by atoms with van der Waals surface area (Å²) in [5, 5.41) is 6.12. The first-order valence-corrected chi connectivity index (χ1v) is 7.77. The highest BCUT2D eigenvalue weighted by Gasteiger charge is 2.06. The van der Waals surface area contributed by atoms with Gasteiger partial charge < -0.3 is 10.6 Å². The SMILES string of the molecule is CCc1ccccc1NC(=O)CNc1ccc(Br)cc1C. The minimum absolute atomic E-state index is 0.0433. The van der Waals surface area contributed by atoms with E-state index in [0.717, 1.165) is 33.4 Å². The lowest BCUT2D eigenvalue weighted by Crippen LogP contribution is -2.22. The summed E-state index contributed by atoms with van der Waals surface area (Å²) in [7, 11) is 0. The number of amides is 1. The third kappa shape index (κ3) is 4.33. The number of hydrogen-bond acceptors (Lipinski definition) is 2. The van der Waals surface area contributed by atoms with Gasteiger partial charge in [-0.15, -0.1) is 0 Å². The van der Waals surface area contributed by atoms with Crippen LogP contribution in [0.4, 0.5) is 11.4 Å². The largest absolute Gasteiger partial charge is 0.376 e. The molecule has 2 aromatic carbocycles. The summed E-state index contributed by atoms with van der Waals surface area (Å²) in [5.74, 6) is -0.0433. The molecule has 0 fully saturated rings. The molecule has 0 heterocycles. The van der Waals surface area contributed by atoms with E-state index in [9.17, 15) is 4.79 Å². The summed E-state index contributed by atoms with van der Waals surface area (Å²) in [6.07, 6.45) is 0.899. The molecule has 0 aliphatic heterocycles. The van der Waals surface area contributed by atoms with Gasteiger partial charge in [0.15, 0.2) is 0 Å². The Hall–Kier alpha value is -1.81. The number of hydrogen-bond donors (Lipinski definition) is 2. The lowest BCUT2D eigenvalue weighted by Gasteiger charge is -2.12. The highest BCUT2D eigenvalue weighted by Crippen LogP contribution is 2.20. The van der Waals surface area contributed by atoms with Crippen LogP contribution in [0, 0.1) is 6.92 Å². The topological polar surface area (TPSA) is 41.1 Å². The molecule has 0 radical (unpaired) electrons. The molecule has 0 unspecified atom stereocenters. The first-order chi connectivity index (χ1) is 10.1. The molecule has 2 rings (SSSR count). The fraction of sp³-hybridized carbons (Fsp3) is 0.235. The number of benzene rings is 2. The number of anilines is 2. The van der Waals surface area contributed by atoms with E-state index in [2.05, 4.69) is 33.5 Å². The Bertz CT molecular complexity index is 640. The zero-order chi connectivity index (χ0) is 15.2. The fourth-order valence-electron chi connectivity index (χ4n) is 2.15. The van der Waals surface area contributed by atoms with Crippen LogP contribution in [-0.2, 0) is 11.2 Å². The quantitative estimate of drug-likeness (QED) is 0.843. The molecular formula is C17H19BrN2O. The van der Waals surface area contributed by atoms with Crippen molar-refractivity contribution in [1.82, 2.24) is 0 Å². The second kappa shape index (κ2) is 7.27. The monoisotopic (exact) mass is 346 g/mol. The van der Waals surface area contributed by atoms with Crippen LogP contribution in [0.25, 0.3) is 0 Å². The van der Waals surface area contributed by atoms with E-state index in [1.54, 1.807) is 0 Å². The van der Waals surface area contributed by atoms with Crippen LogP contribution in [0.15, 0.2) is 46.9 Å². The number of nitrogens with one attached hydrogen (secondary N) is 2. The van der Waals surface area contributed by atoms with E-state index in [1.807, 2.05) is 49.4 Å². The van der Waals surface area contributed by atoms with E-state index in [4.69, 9.17) is 0 Å². The van der Waals surface area contributed by atoms with Crippen molar-refractivity contribution < 1.29 is 4.79 Å². The van der Waals surface area contributed by atoms with Gasteiger partial charge in [-0.2, -0.15) is 0 Å². The van der Waals surface area contributed by atoms with Crippen molar-refractivity contribution >= 4 is 33.2 Å². The molecule has 21 heavy (non-hydrogen) atoms. The van der Waals surface area contributed by atoms with E-state index in [-0.39, 0.29) is 12.5 Å². The number of aryl methyl sites for hydroxylation is 2. The highest BCUT2D eigenvalue weighted by molar-refractivity contribution is 9.10. The molecule has 4 heteroatoms. The van der Waals surface area contributed by atoms with Gasteiger partial charge in [0.1, 0.15) is 0 Å². The molecular weight excluding hydrogens is 328 g/mol. The zero-order valence-electron chi connectivity index (χ0n) is 12.2. The summed E-state index contributed by atoms with van der Waals surface area (Å²) in [6.45, 7) is 4.34. The van der Waals surface area contributed by atoms with Crippen LogP contribution in [0.3, 0.4) is 0 Å². The van der Waals surface area contributed by atoms with E-state index in [0.29, 0.717) is 0 Å². The predicted octanol–water partition coefficient (Wildman–Crippen LogP) is 4.37. The van der Waals surface area contributed by atoms with Gasteiger partial charge in [0.05, 0.1) is 6.54 Å². The average Bonchev–Trinajstić information content (AvgIpc) is 2.47. The average molecular weight is 347 g/mol. The Morgan fingerprint density at radius 1 is 1.14 bits per heavy atom. The first kappa shape index (κ1) is 15.6. The van der Waals surface area contributed by atoms with Crippen LogP contribution in [0.2, 0.25) is 0 Å². The molecule has 0 aliphatic rings. The molecule has 1 amide bonds. The van der Waals surface area contributed by atoms with Crippen LogP contribution in [0.5, 0.6) is 0 Å². The van der Waals surface area contributed by atoms with Crippen molar-refractivity contribution in [1.29, 1.82) is 0 Å². The fourth-order valence-corrected chi connectivity index (χ4v) is 2.62. The summed E-state index contributed by atoms with van der Waals surface area (Å²) in [5.41, 5.74) is 4.10. The normalized spacial score (nSPS) is 10.2. The molecule has 0 atom stereocenters. The van der Waals surface area contributed by atoms with E-state index < -0.39 is 0 Å². The van der Waals surface area contributed by atoms with Crippen molar-refractivity contribution in [2.45, 2.75) is 20.3 Å². The highest BCUT2D eigenvalue weighted by atomic mass is 79.9. The maximum Gasteiger partial charge on any atom is 0.243 e. The maximum absolute atomic E-state index is 12.0. The number of carbonyl (C=O) groups excluding carboxylic acids is 1. The second-order valence-corrected chi connectivity index (χ2v) is 5.79. The number of para-hydroxylation sites is 1. The Labute approximate surface area is 133 Å². The van der Waals surface area contributed by atoms with Crippen LogP contribution < -0.4 is 10.6 Å². The minimum Gasteiger partial charge on any atom is -0.376 e. The molecule has 0 bridgehead atoms. The van der Waals surface area contributed by atoms with Gasteiger partial charge in [0, 0.05) is 15.8 Å². The lowest BCUT2D eigenvalue weighted by atomic mass is 10.1. The number of halogens is 1. The Kier molecular flexibility index (Phi) is 5.39. The van der Waals surface area contributed by atoms with Crippen molar-refractivity contribution in [3.8, 4) is 0 Å². The molecule has 0 saturated heterocycles. The van der Waals surface area contributed by atoms with Crippen molar-refractivity contribution in [3.63, 3.8) is 0 Å². The van der Waals surface area contributed by atoms with Gasteiger partial charge in [-0.25, -0.2) is 0 Å². The van der Waals surface area contributed by atoms with E-state index in [1.165, 1.54) is 0 Å². The molecule has 0 aromatic heterocycles. The third-order valence-electron chi connectivity index (χ3n) is 3.30. The van der Waals surface area contributed by atoms with Crippen molar-refractivity contribution in [2.24, 2.45) is 0 Å². The van der Waals surface area contributed by atoms with E-state index >= 15 is 0 Å². The van der Waals surface area contributed by atoms with Crippen molar-refractivity contribution in [3.05, 3.63) is 58.1 Å². The predicted molar refractivity (Wildman–Crippen MR) is 91.8 cm³/mol. The van der Waals surface area contributed by atoms with Gasteiger partial charge >= 0.3 is 0 Å². The Morgan fingerprint density at radius 2 is 1.90 bits per heavy atom. The standard InChI is InChI=1S/C17H19BrN2O/c1-3-13-6-4-5-7-16(13)20-17(21)11-19-15-9-8-14(18)10-12(15)2/h4-10,19H,3,11H2,1-2H3,(H,20,21). The molecule has 0 saturated carbocycles. The second-order valence-electron chi connectivity index (χ2n) is 4.87. The summed E-state index contributed by atoms with van der Waals surface area (Å²) in [4.78, 5) is 12.0. The van der Waals surface area contributed by atoms with Crippen molar-refractivity contribution in [2.75, 3.05) is 17.2 Å². The summed E-state index contributed by atoms with van der Waals surface area (Å²) >= 11 is 3.43. The summed E-state index contributed by atoms with van der Waals surface area (Å²) in [6, 6.07) is 13.8. The van der Waals surface area contributed by atoms with Gasteiger partial charge in [0.2, 0.25) is 5.91 Å². The zero-order valence-corrected chi connectivity index (χ0v) is 13.8. The summed E-state index contributed by atoms with van der Waals surface area (Å²) < 4.78 is 1.03. The molecule has 0 spiro atoms.